The highest BCUT2D eigenvalue weighted by atomic mass is 79.9. The van der Waals surface area contributed by atoms with Crippen LogP contribution in [0.2, 0.25) is 10.0 Å². The molecule has 1 N–H and O–H groups in total. The highest BCUT2D eigenvalue weighted by molar-refractivity contribution is 9.10. The summed E-state index contributed by atoms with van der Waals surface area (Å²) in [5.41, 5.74) is -0.842. The molecule has 0 radical (unpaired) electrons. The van der Waals surface area contributed by atoms with Gasteiger partial charge in [0.05, 0.1) is 20.7 Å². The van der Waals surface area contributed by atoms with Crippen molar-refractivity contribution in [1.82, 2.24) is 5.32 Å². The molecule has 1 aliphatic heterocycles. The number of amides is 4. The molecule has 37 heavy (non-hydrogen) atoms. The molecule has 1 aliphatic rings. The largest absolute Gasteiger partial charge is 0.488 e. The maximum Gasteiger partial charge on any atom is 0.416 e. The number of barbiturate groups is 1. The average molecular weight is 614 g/mol. The second-order valence-electron chi connectivity index (χ2n) is 7.73. The van der Waals surface area contributed by atoms with Crippen LogP contribution in [0, 0.1) is 0 Å². The Morgan fingerprint density at radius 1 is 0.973 bits per heavy atom. The minimum atomic E-state index is -4.74. The third kappa shape index (κ3) is 5.98. The molecule has 3 aromatic rings. The Kier molecular flexibility index (Phi) is 7.63. The van der Waals surface area contributed by atoms with Crippen LogP contribution in [0.15, 0.2) is 70.7 Å². The van der Waals surface area contributed by atoms with Crippen LogP contribution < -0.4 is 15.0 Å². The lowest BCUT2D eigenvalue weighted by Crippen LogP contribution is -2.54. The van der Waals surface area contributed by atoms with Crippen molar-refractivity contribution in [3.05, 3.63) is 97.4 Å². The molecule has 190 valence electrons. The van der Waals surface area contributed by atoms with Crippen molar-refractivity contribution in [2.75, 3.05) is 4.90 Å². The lowest BCUT2D eigenvalue weighted by molar-refractivity contribution is -0.137. The van der Waals surface area contributed by atoms with Crippen LogP contribution in [0.3, 0.4) is 0 Å². The second-order valence-corrected chi connectivity index (χ2v) is 9.42. The van der Waals surface area contributed by atoms with E-state index in [2.05, 4.69) is 15.9 Å². The molecule has 0 saturated carbocycles. The van der Waals surface area contributed by atoms with Gasteiger partial charge in [0.1, 0.15) is 17.9 Å². The summed E-state index contributed by atoms with van der Waals surface area (Å²) in [7, 11) is 0. The van der Waals surface area contributed by atoms with Crippen molar-refractivity contribution in [1.29, 1.82) is 0 Å². The zero-order chi connectivity index (χ0) is 26.9. The minimum absolute atomic E-state index is 0.256. The summed E-state index contributed by atoms with van der Waals surface area (Å²) in [6.45, 7) is 0.256. The van der Waals surface area contributed by atoms with Crippen LogP contribution in [-0.4, -0.2) is 17.8 Å². The molecule has 0 aliphatic carbocycles. The van der Waals surface area contributed by atoms with Gasteiger partial charge in [-0.15, -0.1) is 0 Å². The Bertz CT molecular complexity index is 1440. The number of carbonyl (C=O) groups is 3. The number of anilines is 1. The van der Waals surface area contributed by atoms with Crippen LogP contribution in [0.1, 0.15) is 16.7 Å². The Labute approximate surface area is 226 Å². The highest BCUT2D eigenvalue weighted by Crippen LogP contribution is 2.37. The lowest BCUT2D eigenvalue weighted by atomic mass is 10.1. The van der Waals surface area contributed by atoms with Crippen LogP contribution in [-0.2, 0) is 22.4 Å². The van der Waals surface area contributed by atoms with Gasteiger partial charge in [-0.1, -0.05) is 41.4 Å². The number of carbonyl (C=O) groups excluding carboxylic acids is 3. The molecule has 0 spiro atoms. The molecular weight excluding hydrogens is 600 g/mol. The zero-order valence-corrected chi connectivity index (χ0v) is 21.5. The molecule has 6 nitrogen and oxygen atoms in total. The standard InChI is InChI=1S/C25H14BrCl2F3N2O4/c26-18-10-14(3-8-21(18)37-12-13-1-5-16(27)6-2-13)9-17-22(34)32-24(36)33(23(17)35)20-11-15(25(29,30)31)4-7-19(20)28/h1-11H,12H2,(H,32,34,36)/b17-9-. The summed E-state index contributed by atoms with van der Waals surface area (Å²) in [5, 5.41) is 2.27. The molecule has 0 unspecified atom stereocenters. The summed E-state index contributed by atoms with van der Waals surface area (Å²) in [4.78, 5) is 38.3. The fourth-order valence-electron chi connectivity index (χ4n) is 3.37. The SMILES string of the molecule is O=C1NC(=O)N(c2cc(C(F)(F)F)ccc2Cl)C(=O)/C1=C\c1ccc(OCc2ccc(Cl)cc2)c(Br)c1. The third-order valence-corrected chi connectivity index (χ3v) is 6.38. The molecule has 4 amide bonds. The number of alkyl halides is 3. The van der Waals surface area contributed by atoms with Crippen molar-refractivity contribution >= 4 is 68.7 Å². The molecule has 12 heteroatoms. The molecule has 4 rings (SSSR count). The molecule has 1 fully saturated rings. The summed E-state index contributed by atoms with van der Waals surface area (Å²) in [6.07, 6.45) is -3.54. The smallest absolute Gasteiger partial charge is 0.416 e. The monoisotopic (exact) mass is 612 g/mol. The number of halogens is 6. The minimum Gasteiger partial charge on any atom is -0.488 e. The van der Waals surface area contributed by atoms with E-state index in [-0.39, 0.29) is 11.6 Å². The van der Waals surface area contributed by atoms with Crippen molar-refractivity contribution in [3.63, 3.8) is 0 Å². The summed E-state index contributed by atoms with van der Waals surface area (Å²) in [6, 6.07) is 12.8. The number of hydrogen-bond donors (Lipinski definition) is 1. The number of nitrogens with zero attached hydrogens (tertiary/aromatic N) is 1. The van der Waals surface area contributed by atoms with Crippen LogP contribution in [0.4, 0.5) is 23.7 Å². The van der Waals surface area contributed by atoms with Gasteiger partial charge in [0.2, 0.25) is 0 Å². The average Bonchev–Trinajstić information content (AvgIpc) is 2.82. The van der Waals surface area contributed by atoms with Crippen LogP contribution in [0.5, 0.6) is 5.75 Å². The van der Waals surface area contributed by atoms with Gasteiger partial charge in [0.25, 0.3) is 11.8 Å². The first-order chi connectivity index (χ1) is 17.4. The number of rotatable bonds is 5. The summed E-state index contributed by atoms with van der Waals surface area (Å²) >= 11 is 15.3. The number of hydrogen-bond acceptors (Lipinski definition) is 4. The number of ether oxygens (including phenoxy) is 1. The van der Waals surface area contributed by atoms with Gasteiger partial charge < -0.3 is 4.74 Å². The van der Waals surface area contributed by atoms with E-state index in [1.165, 1.54) is 6.08 Å². The Morgan fingerprint density at radius 2 is 1.68 bits per heavy atom. The number of nitrogens with one attached hydrogen (secondary N) is 1. The van der Waals surface area contributed by atoms with E-state index in [9.17, 15) is 27.6 Å². The second kappa shape index (κ2) is 10.6. The lowest BCUT2D eigenvalue weighted by Gasteiger charge is -2.27. The van der Waals surface area contributed by atoms with Crippen LogP contribution >= 0.6 is 39.1 Å². The number of benzene rings is 3. The van der Waals surface area contributed by atoms with Crippen molar-refractivity contribution in [3.8, 4) is 5.75 Å². The van der Waals surface area contributed by atoms with Crippen molar-refractivity contribution < 1.29 is 32.3 Å². The Balaban J connectivity index is 1.60. The molecule has 3 aromatic carbocycles. The van der Waals surface area contributed by atoms with Gasteiger partial charge >= 0.3 is 12.2 Å². The van der Waals surface area contributed by atoms with Crippen molar-refractivity contribution in [2.45, 2.75) is 12.8 Å². The predicted molar refractivity (Wildman–Crippen MR) is 135 cm³/mol. The molecule has 0 aromatic heterocycles. The first-order valence-electron chi connectivity index (χ1n) is 10.4. The van der Waals surface area contributed by atoms with E-state index in [1.807, 2.05) is 17.4 Å². The highest BCUT2D eigenvalue weighted by Gasteiger charge is 2.39. The van der Waals surface area contributed by atoms with E-state index in [1.54, 1.807) is 30.3 Å². The van der Waals surface area contributed by atoms with Crippen molar-refractivity contribution in [2.24, 2.45) is 0 Å². The van der Waals surface area contributed by atoms with E-state index in [4.69, 9.17) is 27.9 Å². The van der Waals surface area contributed by atoms with E-state index in [0.717, 1.165) is 11.6 Å². The van der Waals surface area contributed by atoms with E-state index in [0.29, 0.717) is 37.8 Å². The first kappa shape index (κ1) is 26.7. The molecule has 0 bridgehead atoms. The Morgan fingerprint density at radius 3 is 2.32 bits per heavy atom. The molecule has 1 heterocycles. The zero-order valence-electron chi connectivity index (χ0n) is 18.4. The van der Waals surface area contributed by atoms with E-state index >= 15 is 0 Å². The molecular formula is C25H14BrCl2F3N2O4. The topological polar surface area (TPSA) is 75.7 Å². The van der Waals surface area contributed by atoms with Gasteiger partial charge in [0.15, 0.2) is 0 Å². The van der Waals surface area contributed by atoms with Crippen LogP contribution in [0.25, 0.3) is 6.08 Å². The molecule has 1 saturated heterocycles. The number of imide groups is 2. The maximum absolute atomic E-state index is 13.2. The van der Waals surface area contributed by atoms with Gasteiger partial charge in [-0.3, -0.25) is 14.9 Å². The number of urea groups is 1. The molecule has 0 atom stereocenters. The Hall–Kier alpha value is -3.34. The first-order valence-corrected chi connectivity index (χ1v) is 11.9. The fourth-order valence-corrected chi connectivity index (χ4v) is 4.21. The summed E-state index contributed by atoms with van der Waals surface area (Å²) < 4.78 is 45.9. The van der Waals surface area contributed by atoms with Gasteiger partial charge in [-0.2, -0.15) is 13.2 Å². The van der Waals surface area contributed by atoms with E-state index < -0.39 is 40.8 Å². The quantitative estimate of drug-likeness (QED) is 0.248. The third-order valence-electron chi connectivity index (χ3n) is 5.19. The van der Waals surface area contributed by atoms with Gasteiger partial charge in [-0.05, 0) is 75.6 Å². The predicted octanol–water partition coefficient (Wildman–Crippen LogP) is 7.02. The summed E-state index contributed by atoms with van der Waals surface area (Å²) in [5.74, 6) is -1.66. The fraction of sp³-hybridized carbons (Fsp3) is 0.0800. The van der Waals surface area contributed by atoms with Gasteiger partial charge in [0, 0.05) is 5.02 Å². The maximum atomic E-state index is 13.2. The van der Waals surface area contributed by atoms with Gasteiger partial charge in [-0.25, -0.2) is 9.69 Å². The normalized spacial score (nSPS) is 15.2.